The molecule has 2 aliphatic rings. The summed E-state index contributed by atoms with van der Waals surface area (Å²) in [5.41, 5.74) is 4.54. The van der Waals surface area contributed by atoms with Crippen LogP contribution in [0.15, 0.2) is 48.7 Å². The Balaban J connectivity index is 1.45. The van der Waals surface area contributed by atoms with Crippen LogP contribution in [0.5, 0.6) is 11.5 Å². The molecule has 3 aromatic rings. The molecule has 4 nitrogen and oxygen atoms in total. The van der Waals surface area contributed by atoms with Gasteiger partial charge < -0.3 is 14.0 Å². The number of benzene rings is 2. The van der Waals surface area contributed by atoms with Gasteiger partial charge in [0, 0.05) is 24.7 Å². The molecular formula is C20H18N2O2. The fourth-order valence-corrected chi connectivity index (χ4v) is 3.46. The minimum atomic E-state index is 0.308. The van der Waals surface area contributed by atoms with Crippen molar-refractivity contribution >= 4 is 0 Å². The molecule has 120 valence electrons. The lowest BCUT2D eigenvalue weighted by atomic mass is 10.0. The van der Waals surface area contributed by atoms with E-state index in [9.17, 15) is 0 Å². The maximum absolute atomic E-state index is 5.47. The van der Waals surface area contributed by atoms with Gasteiger partial charge in [0.05, 0.1) is 5.69 Å². The Hall–Kier alpha value is -2.75. The highest BCUT2D eigenvalue weighted by Crippen LogP contribution is 2.36. The second kappa shape index (κ2) is 5.41. The highest BCUT2D eigenvalue weighted by molar-refractivity contribution is 5.71. The molecule has 0 saturated carbocycles. The van der Waals surface area contributed by atoms with Gasteiger partial charge >= 0.3 is 0 Å². The standard InChI is InChI=1S/C20H18N2O2/c1-2-10-22-12-17(21-20(22)3-1)15-6-4-14(5-7-15)16-8-9-18-19(11-16)24-13-23-18/h4-9,11-12H,1-3,10,13H2. The average Bonchev–Trinajstić information content (AvgIpc) is 3.27. The smallest absolute Gasteiger partial charge is 0.231 e. The Kier molecular flexibility index (Phi) is 3.08. The van der Waals surface area contributed by atoms with E-state index in [0.717, 1.165) is 35.7 Å². The number of hydrogen-bond donors (Lipinski definition) is 0. The first-order valence-electron chi connectivity index (χ1n) is 8.43. The lowest BCUT2D eigenvalue weighted by Gasteiger charge is -2.11. The van der Waals surface area contributed by atoms with Crippen molar-refractivity contribution in [2.45, 2.75) is 25.8 Å². The Morgan fingerprint density at radius 3 is 2.50 bits per heavy atom. The molecule has 0 atom stereocenters. The molecule has 0 saturated heterocycles. The second-order valence-electron chi connectivity index (χ2n) is 6.34. The van der Waals surface area contributed by atoms with Gasteiger partial charge in [-0.2, -0.15) is 0 Å². The molecule has 0 fully saturated rings. The van der Waals surface area contributed by atoms with E-state index in [2.05, 4.69) is 41.1 Å². The summed E-state index contributed by atoms with van der Waals surface area (Å²) in [6.07, 6.45) is 5.78. The first-order valence-corrected chi connectivity index (χ1v) is 8.43. The average molecular weight is 318 g/mol. The topological polar surface area (TPSA) is 36.3 Å². The van der Waals surface area contributed by atoms with Crippen LogP contribution in [-0.2, 0) is 13.0 Å². The number of aryl methyl sites for hydroxylation is 2. The van der Waals surface area contributed by atoms with Crippen LogP contribution in [0, 0.1) is 0 Å². The summed E-state index contributed by atoms with van der Waals surface area (Å²) < 4.78 is 13.1. The lowest BCUT2D eigenvalue weighted by Crippen LogP contribution is -2.08. The SMILES string of the molecule is c1cc(-c2cn3c(n2)CCCC3)ccc1-c1ccc2c(c1)OCO2. The number of nitrogens with zero attached hydrogens (tertiary/aromatic N) is 2. The number of imidazole rings is 1. The maximum Gasteiger partial charge on any atom is 0.231 e. The zero-order valence-electron chi connectivity index (χ0n) is 13.4. The molecule has 0 radical (unpaired) electrons. The van der Waals surface area contributed by atoms with Crippen molar-refractivity contribution in [1.82, 2.24) is 9.55 Å². The third-order valence-electron chi connectivity index (χ3n) is 4.80. The molecule has 0 amide bonds. The minimum absolute atomic E-state index is 0.308. The normalized spacial score (nSPS) is 15.3. The van der Waals surface area contributed by atoms with Gasteiger partial charge in [-0.05, 0) is 36.1 Å². The molecule has 0 unspecified atom stereocenters. The van der Waals surface area contributed by atoms with Gasteiger partial charge in [-0.1, -0.05) is 30.3 Å². The third-order valence-corrected chi connectivity index (χ3v) is 4.80. The second-order valence-corrected chi connectivity index (χ2v) is 6.34. The molecule has 0 N–H and O–H groups in total. The number of fused-ring (bicyclic) bond motifs is 2. The van der Waals surface area contributed by atoms with Crippen LogP contribution in [0.1, 0.15) is 18.7 Å². The van der Waals surface area contributed by atoms with Gasteiger partial charge in [0.15, 0.2) is 11.5 Å². The molecule has 0 spiro atoms. The van der Waals surface area contributed by atoms with E-state index >= 15 is 0 Å². The van der Waals surface area contributed by atoms with Crippen molar-refractivity contribution in [2.75, 3.05) is 6.79 Å². The molecule has 0 aliphatic carbocycles. The number of aromatic nitrogens is 2. The maximum atomic E-state index is 5.47. The molecule has 5 rings (SSSR count). The van der Waals surface area contributed by atoms with Gasteiger partial charge in [-0.3, -0.25) is 0 Å². The van der Waals surface area contributed by atoms with Crippen molar-refractivity contribution in [1.29, 1.82) is 0 Å². The van der Waals surface area contributed by atoms with E-state index in [-0.39, 0.29) is 0 Å². The summed E-state index contributed by atoms with van der Waals surface area (Å²) in [6, 6.07) is 14.7. The summed E-state index contributed by atoms with van der Waals surface area (Å²) in [6.45, 7) is 1.40. The van der Waals surface area contributed by atoms with E-state index in [0.29, 0.717) is 6.79 Å². The summed E-state index contributed by atoms with van der Waals surface area (Å²) >= 11 is 0. The molecule has 0 bridgehead atoms. The summed E-state index contributed by atoms with van der Waals surface area (Å²) in [5, 5.41) is 0. The summed E-state index contributed by atoms with van der Waals surface area (Å²) in [4.78, 5) is 4.80. The Morgan fingerprint density at radius 2 is 1.62 bits per heavy atom. The molecular weight excluding hydrogens is 300 g/mol. The highest BCUT2D eigenvalue weighted by Gasteiger charge is 2.15. The van der Waals surface area contributed by atoms with Crippen LogP contribution in [0.2, 0.25) is 0 Å². The van der Waals surface area contributed by atoms with Crippen LogP contribution in [0.25, 0.3) is 22.4 Å². The quantitative estimate of drug-likeness (QED) is 0.707. The minimum Gasteiger partial charge on any atom is -0.454 e. The van der Waals surface area contributed by atoms with Crippen molar-refractivity contribution in [3.8, 4) is 33.9 Å². The fraction of sp³-hybridized carbons (Fsp3) is 0.250. The number of ether oxygens (including phenoxy) is 2. The van der Waals surface area contributed by atoms with Crippen LogP contribution < -0.4 is 9.47 Å². The molecule has 24 heavy (non-hydrogen) atoms. The van der Waals surface area contributed by atoms with E-state index in [1.165, 1.54) is 29.8 Å². The predicted molar refractivity (Wildman–Crippen MR) is 92.2 cm³/mol. The van der Waals surface area contributed by atoms with Gasteiger partial charge in [0.2, 0.25) is 6.79 Å². The van der Waals surface area contributed by atoms with Crippen molar-refractivity contribution in [2.24, 2.45) is 0 Å². The zero-order chi connectivity index (χ0) is 15.9. The Morgan fingerprint density at radius 1 is 0.833 bits per heavy atom. The summed E-state index contributed by atoms with van der Waals surface area (Å²) in [5.74, 6) is 2.86. The van der Waals surface area contributed by atoms with E-state index in [1.54, 1.807) is 0 Å². The molecule has 4 heteroatoms. The van der Waals surface area contributed by atoms with Crippen molar-refractivity contribution < 1.29 is 9.47 Å². The first-order chi connectivity index (χ1) is 11.9. The highest BCUT2D eigenvalue weighted by atomic mass is 16.7. The predicted octanol–water partition coefficient (Wildman–Crippen LogP) is 4.28. The number of hydrogen-bond acceptors (Lipinski definition) is 3. The zero-order valence-corrected chi connectivity index (χ0v) is 13.4. The summed E-state index contributed by atoms with van der Waals surface area (Å²) in [7, 11) is 0. The molecule has 2 aliphatic heterocycles. The van der Waals surface area contributed by atoms with Crippen molar-refractivity contribution in [3.05, 3.63) is 54.5 Å². The van der Waals surface area contributed by atoms with Crippen LogP contribution >= 0.6 is 0 Å². The fourth-order valence-electron chi connectivity index (χ4n) is 3.46. The van der Waals surface area contributed by atoms with Gasteiger partial charge in [0.25, 0.3) is 0 Å². The van der Waals surface area contributed by atoms with Gasteiger partial charge in [-0.15, -0.1) is 0 Å². The Bertz CT molecular complexity index is 873. The third kappa shape index (κ3) is 2.26. The first kappa shape index (κ1) is 13.7. The van der Waals surface area contributed by atoms with Gasteiger partial charge in [0.1, 0.15) is 5.82 Å². The molecule has 2 aromatic carbocycles. The van der Waals surface area contributed by atoms with Crippen LogP contribution in [0.3, 0.4) is 0 Å². The van der Waals surface area contributed by atoms with Crippen LogP contribution in [-0.4, -0.2) is 16.3 Å². The molecule has 1 aromatic heterocycles. The van der Waals surface area contributed by atoms with E-state index in [4.69, 9.17) is 14.5 Å². The largest absolute Gasteiger partial charge is 0.454 e. The van der Waals surface area contributed by atoms with Gasteiger partial charge in [-0.25, -0.2) is 4.98 Å². The van der Waals surface area contributed by atoms with E-state index in [1.807, 2.05) is 12.1 Å². The Labute approximate surface area is 140 Å². The van der Waals surface area contributed by atoms with Crippen LogP contribution in [0.4, 0.5) is 0 Å². The monoisotopic (exact) mass is 318 g/mol. The molecule has 3 heterocycles. The van der Waals surface area contributed by atoms with E-state index < -0.39 is 0 Å². The number of rotatable bonds is 2. The lowest BCUT2D eigenvalue weighted by molar-refractivity contribution is 0.174. The van der Waals surface area contributed by atoms with Crippen molar-refractivity contribution in [3.63, 3.8) is 0 Å².